The molecule has 2 N–H and O–H groups in total. The van der Waals surface area contributed by atoms with Crippen LogP contribution in [0.2, 0.25) is 5.02 Å². The number of halogens is 1. The van der Waals surface area contributed by atoms with Crippen molar-refractivity contribution in [3.05, 3.63) is 75.6 Å². The van der Waals surface area contributed by atoms with Crippen LogP contribution >= 0.6 is 34.7 Å². The van der Waals surface area contributed by atoms with Crippen LogP contribution in [-0.2, 0) is 4.79 Å². The Morgan fingerprint density at radius 2 is 1.84 bits per heavy atom. The summed E-state index contributed by atoms with van der Waals surface area (Å²) in [7, 11) is 0. The number of nitrogens with zero attached hydrogens (tertiary/aromatic N) is 2. The molecule has 0 bridgehead atoms. The zero-order valence-electron chi connectivity index (χ0n) is 15.6. The molecule has 0 radical (unpaired) electrons. The molecule has 2 aromatic heterocycles. The molecule has 2 aromatic carbocycles. The molecule has 0 aliphatic carbocycles. The predicted molar refractivity (Wildman–Crippen MR) is 121 cm³/mol. The maximum atomic E-state index is 12.2. The van der Waals surface area contributed by atoms with E-state index < -0.39 is 5.63 Å². The van der Waals surface area contributed by atoms with Crippen LogP contribution in [0.4, 0.5) is 10.8 Å². The standard InChI is InChI=1S/C20H13ClN4O4S2/c21-13-4-1-11(2-5-13)18(28)23-19-24-25-20(31-19)30-10-16(26)22-14-6-7-15-12(9-14)3-8-17(27)29-15/h1-9H,10H2,(H,22,26)(H,23,24,28). The van der Waals surface area contributed by atoms with E-state index >= 15 is 0 Å². The van der Waals surface area contributed by atoms with Gasteiger partial charge in [0.2, 0.25) is 11.0 Å². The van der Waals surface area contributed by atoms with E-state index in [0.717, 1.165) is 0 Å². The summed E-state index contributed by atoms with van der Waals surface area (Å²) in [5, 5.41) is 14.9. The van der Waals surface area contributed by atoms with Crippen molar-refractivity contribution in [3.8, 4) is 0 Å². The van der Waals surface area contributed by atoms with Crippen molar-refractivity contribution < 1.29 is 14.0 Å². The van der Waals surface area contributed by atoms with Gasteiger partial charge in [0.1, 0.15) is 5.58 Å². The minimum Gasteiger partial charge on any atom is -0.423 e. The largest absolute Gasteiger partial charge is 0.423 e. The topological polar surface area (TPSA) is 114 Å². The normalized spacial score (nSPS) is 10.7. The monoisotopic (exact) mass is 472 g/mol. The van der Waals surface area contributed by atoms with E-state index in [-0.39, 0.29) is 17.6 Å². The average molecular weight is 473 g/mol. The fourth-order valence-corrected chi connectivity index (χ4v) is 4.24. The molecule has 0 fully saturated rings. The fourth-order valence-electron chi connectivity index (χ4n) is 2.56. The van der Waals surface area contributed by atoms with Gasteiger partial charge in [0.25, 0.3) is 5.91 Å². The summed E-state index contributed by atoms with van der Waals surface area (Å²) in [6.07, 6.45) is 0. The molecule has 0 aliphatic heterocycles. The van der Waals surface area contributed by atoms with E-state index in [0.29, 0.717) is 36.7 Å². The number of aromatic nitrogens is 2. The van der Waals surface area contributed by atoms with E-state index in [1.54, 1.807) is 48.5 Å². The molecule has 2 heterocycles. The summed E-state index contributed by atoms with van der Waals surface area (Å²) < 4.78 is 5.61. The van der Waals surface area contributed by atoms with Gasteiger partial charge in [0, 0.05) is 27.7 Å². The minimum atomic E-state index is -0.429. The van der Waals surface area contributed by atoms with Gasteiger partial charge in [-0.25, -0.2) is 4.79 Å². The van der Waals surface area contributed by atoms with E-state index in [9.17, 15) is 14.4 Å². The van der Waals surface area contributed by atoms with Crippen LogP contribution in [-0.4, -0.2) is 27.8 Å². The summed E-state index contributed by atoms with van der Waals surface area (Å²) in [5.74, 6) is -0.445. The van der Waals surface area contributed by atoms with Crippen LogP contribution in [0.3, 0.4) is 0 Å². The quantitative estimate of drug-likeness (QED) is 0.244. The van der Waals surface area contributed by atoms with E-state index in [1.807, 2.05) is 0 Å². The highest BCUT2D eigenvalue weighted by Gasteiger charge is 2.12. The molecule has 0 unspecified atom stereocenters. The molecule has 156 valence electrons. The Labute approximate surface area is 188 Å². The summed E-state index contributed by atoms with van der Waals surface area (Å²) in [4.78, 5) is 35.7. The molecular formula is C20H13ClN4O4S2. The zero-order chi connectivity index (χ0) is 21.8. The Balaban J connectivity index is 1.31. The molecule has 4 rings (SSSR count). The number of carbonyl (C=O) groups is 2. The number of benzene rings is 2. The van der Waals surface area contributed by atoms with Gasteiger partial charge in [0.15, 0.2) is 4.34 Å². The molecule has 0 aliphatic rings. The highest BCUT2D eigenvalue weighted by Crippen LogP contribution is 2.26. The SMILES string of the molecule is O=C(CSc1nnc(NC(=O)c2ccc(Cl)cc2)s1)Nc1ccc2oc(=O)ccc2c1. The van der Waals surface area contributed by atoms with Gasteiger partial charge in [0.05, 0.1) is 5.75 Å². The molecule has 2 amide bonds. The van der Waals surface area contributed by atoms with Gasteiger partial charge in [-0.2, -0.15) is 0 Å². The summed E-state index contributed by atoms with van der Waals surface area (Å²) in [6, 6.07) is 14.4. The lowest BCUT2D eigenvalue weighted by molar-refractivity contribution is -0.113. The van der Waals surface area contributed by atoms with Crippen LogP contribution < -0.4 is 16.3 Å². The van der Waals surface area contributed by atoms with E-state index in [4.69, 9.17) is 16.0 Å². The first kappa shape index (κ1) is 21.0. The number of amides is 2. The molecule has 31 heavy (non-hydrogen) atoms. The van der Waals surface area contributed by atoms with Gasteiger partial charge in [-0.1, -0.05) is 34.7 Å². The number of anilines is 2. The van der Waals surface area contributed by atoms with Crippen molar-refractivity contribution in [1.82, 2.24) is 10.2 Å². The second-order valence-electron chi connectivity index (χ2n) is 6.18. The van der Waals surface area contributed by atoms with Crippen molar-refractivity contribution in [2.45, 2.75) is 4.34 Å². The Morgan fingerprint density at radius 3 is 2.65 bits per heavy atom. The summed E-state index contributed by atoms with van der Waals surface area (Å²) >= 11 is 8.19. The molecular weight excluding hydrogens is 460 g/mol. The third-order valence-electron chi connectivity index (χ3n) is 3.96. The number of hydrogen-bond acceptors (Lipinski definition) is 8. The van der Waals surface area contributed by atoms with Gasteiger partial charge < -0.3 is 9.73 Å². The predicted octanol–water partition coefficient (Wildman–Crippen LogP) is 4.28. The molecule has 0 spiro atoms. The van der Waals surface area contributed by atoms with Crippen molar-refractivity contribution in [2.24, 2.45) is 0 Å². The first-order valence-corrected chi connectivity index (χ1v) is 11.0. The number of rotatable bonds is 6. The Bertz CT molecular complexity index is 1320. The summed E-state index contributed by atoms with van der Waals surface area (Å²) in [5.41, 5.74) is 1.05. The van der Waals surface area contributed by atoms with Crippen molar-refractivity contribution in [1.29, 1.82) is 0 Å². The molecule has 0 atom stereocenters. The maximum Gasteiger partial charge on any atom is 0.336 e. The Hall–Kier alpha value is -3.21. The molecule has 8 nitrogen and oxygen atoms in total. The van der Waals surface area contributed by atoms with Gasteiger partial charge in [-0.15, -0.1) is 10.2 Å². The molecule has 4 aromatic rings. The zero-order valence-corrected chi connectivity index (χ0v) is 18.0. The first-order chi connectivity index (χ1) is 15.0. The lowest BCUT2D eigenvalue weighted by atomic mass is 10.2. The number of carbonyl (C=O) groups excluding carboxylic acids is 2. The lowest BCUT2D eigenvalue weighted by Gasteiger charge is -2.05. The van der Waals surface area contributed by atoms with Gasteiger partial charge >= 0.3 is 5.63 Å². The van der Waals surface area contributed by atoms with Crippen LogP contribution in [0, 0.1) is 0 Å². The Kier molecular flexibility index (Phi) is 6.31. The Morgan fingerprint density at radius 1 is 1.03 bits per heavy atom. The van der Waals surface area contributed by atoms with Crippen LogP contribution in [0.15, 0.2) is 68.1 Å². The number of hydrogen-bond donors (Lipinski definition) is 2. The van der Waals surface area contributed by atoms with Crippen molar-refractivity contribution in [2.75, 3.05) is 16.4 Å². The fraction of sp³-hybridized carbons (Fsp3) is 0.0500. The third-order valence-corrected chi connectivity index (χ3v) is 6.19. The molecule has 11 heteroatoms. The summed E-state index contributed by atoms with van der Waals surface area (Å²) in [6.45, 7) is 0. The number of nitrogens with one attached hydrogen (secondary N) is 2. The highest BCUT2D eigenvalue weighted by molar-refractivity contribution is 8.01. The minimum absolute atomic E-state index is 0.113. The van der Waals surface area contributed by atoms with Gasteiger partial charge in [-0.3, -0.25) is 14.9 Å². The van der Waals surface area contributed by atoms with E-state index in [2.05, 4.69) is 20.8 Å². The van der Waals surface area contributed by atoms with Crippen molar-refractivity contribution >= 4 is 68.3 Å². The maximum absolute atomic E-state index is 12.2. The third kappa shape index (κ3) is 5.48. The second kappa shape index (κ2) is 9.29. The highest BCUT2D eigenvalue weighted by atomic mass is 35.5. The van der Waals surface area contributed by atoms with Crippen LogP contribution in [0.1, 0.15) is 10.4 Å². The second-order valence-corrected chi connectivity index (χ2v) is 8.81. The number of thioether (sulfide) groups is 1. The lowest BCUT2D eigenvalue weighted by Crippen LogP contribution is -2.13. The van der Waals surface area contributed by atoms with Crippen LogP contribution in [0.5, 0.6) is 0 Å². The molecule has 0 saturated heterocycles. The smallest absolute Gasteiger partial charge is 0.336 e. The molecule has 0 saturated carbocycles. The number of fused-ring (bicyclic) bond motifs is 1. The first-order valence-electron chi connectivity index (χ1n) is 8.83. The average Bonchev–Trinajstić information content (AvgIpc) is 3.20. The van der Waals surface area contributed by atoms with Crippen molar-refractivity contribution in [3.63, 3.8) is 0 Å². The van der Waals surface area contributed by atoms with Gasteiger partial charge in [-0.05, 0) is 48.5 Å². The van der Waals surface area contributed by atoms with Crippen LogP contribution in [0.25, 0.3) is 11.0 Å². The van der Waals surface area contributed by atoms with E-state index in [1.165, 1.54) is 29.2 Å².